The number of methoxy groups -OCH3 is 1. The van der Waals surface area contributed by atoms with Crippen LogP contribution in [-0.4, -0.2) is 61.5 Å². The first-order valence-electron chi connectivity index (χ1n) is 8.24. The molecule has 1 aliphatic heterocycles. The smallest absolute Gasteiger partial charge is 0.254 e. The van der Waals surface area contributed by atoms with Crippen molar-refractivity contribution in [1.29, 1.82) is 0 Å². The Bertz CT molecular complexity index is 739. The molecule has 24 heavy (non-hydrogen) atoms. The molecule has 2 aromatic rings. The van der Waals surface area contributed by atoms with Gasteiger partial charge in [0.1, 0.15) is 6.61 Å². The van der Waals surface area contributed by atoms with Crippen LogP contribution >= 0.6 is 0 Å². The highest BCUT2D eigenvalue weighted by atomic mass is 16.5. The lowest BCUT2D eigenvalue weighted by atomic mass is 10.0. The van der Waals surface area contributed by atoms with E-state index in [9.17, 15) is 9.59 Å². The van der Waals surface area contributed by atoms with Crippen molar-refractivity contribution in [1.82, 2.24) is 9.80 Å². The molecule has 0 spiro atoms. The number of hydrogen-bond acceptors (Lipinski definition) is 3. The van der Waals surface area contributed by atoms with Crippen LogP contribution in [0.1, 0.15) is 16.8 Å². The maximum atomic E-state index is 13.0. The summed E-state index contributed by atoms with van der Waals surface area (Å²) < 4.78 is 4.92. The van der Waals surface area contributed by atoms with Gasteiger partial charge < -0.3 is 14.5 Å². The number of carbonyl (C=O) groups is 2. The van der Waals surface area contributed by atoms with E-state index in [-0.39, 0.29) is 18.4 Å². The highest BCUT2D eigenvalue weighted by molar-refractivity contribution is 6.07. The SMILES string of the molecule is COCC(=O)N1CCCN(C(=O)c2cccc3ccccc23)CC1. The van der Waals surface area contributed by atoms with Gasteiger partial charge in [0.05, 0.1) is 0 Å². The summed E-state index contributed by atoms with van der Waals surface area (Å²) in [6.07, 6.45) is 0.784. The molecule has 0 N–H and O–H groups in total. The molecule has 3 rings (SSSR count). The Morgan fingerprint density at radius 2 is 1.67 bits per heavy atom. The second kappa shape index (κ2) is 7.45. The molecule has 1 saturated heterocycles. The van der Waals surface area contributed by atoms with Crippen molar-refractivity contribution in [3.63, 3.8) is 0 Å². The number of benzene rings is 2. The van der Waals surface area contributed by atoms with Crippen LogP contribution < -0.4 is 0 Å². The lowest BCUT2D eigenvalue weighted by Gasteiger charge is -2.22. The van der Waals surface area contributed by atoms with E-state index in [1.165, 1.54) is 7.11 Å². The van der Waals surface area contributed by atoms with Crippen LogP contribution in [0.25, 0.3) is 10.8 Å². The van der Waals surface area contributed by atoms with Gasteiger partial charge in [0.15, 0.2) is 0 Å². The van der Waals surface area contributed by atoms with Crippen LogP contribution in [0, 0.1) is 0 Å². The van der Waals surface area contributed by atoms with Crippen LogP contribution in [0.4, 0.5) is 0 Å². The number of carbonyl (C=O) groups excluding carboxylic acids is 2. The zero-order chi connectivity index (χ0) is 16.9. The largest absolute Gasteiger partial charge is 0.375 e. The molecule has 0 aromatic heterocycles. The summed E-state index contributed by atoms with van der Waals surface area (Å²) in [5, 5.41) is 2.04. The number of hydrogen-bond donors (Lipinski definition) is 0. The lowest BCUT2D eigenvalue weighted by Crippen LogP contribution is -2.38. The van der Waals surface area contributed by atoms with E-state index in [0.29, 0.717) is 26.2 Å². The van der Waals surface area contributed by atoms with Crippen molar-refractivity contribution in [3.8, 4) is 0 Å². The highest BCUT2D eigenvalue weighted by Gasteiger charge is 2.23. The molecule has 1 heterocycles. The Morgan fingerprint density at radius 1 is 0.958 bits per heavy atom. The first kappa shape index (κ1) is 16.5. The molecule has 2 amide bonds. The lowest BCUT2D eigenvalue weighted by molar-refractivity contribution is -0.135. The quantitative estimate of drug-likeness (QED) is 0.868. The van der Waals surface area contributed by atoms with Gasteiger partial charge in [-0.3, -0.25) is 9.59 Å². The minimum atomic E-state index is -0.0167. The topological polar surface area (TPSA) is 49.9 Å². The average molecular weight is 326 g/mol. The number of nitrogens with zero attached hydrogens (tertiary/aromatic N) is 2. The predicted octanol–water partition coefficient (Wildman–Crippen LogP) is 2.16. The third kappa shape index (κ3) is 3.41. The highest BCUT2D eigenvalue weighted by Crippen LogP contribution is 2.20. The Kier molecular flexibility index (Phi) is 5.11. The van der Waals surface area contributed by atoms with Crippen LogP contribution in [-0.2, 0) is 9.53 Å². The fourth-order valence-electron chi connectivity index (χ4n) is 3.17. The van der Waals surface area contributed by atoms with Gasteiger partial charge in [-0.25, -0.2) is 0 Å². The van der Waals surface area contributed by atoms with Gasteiger partial charge in [-0.1, -0.05) is 36.4 Å². The zero-order valence-corrected chi connectivity index (χ0v) is 13.9. The summed E-state index contributed by atoms with van der Waals surface area (Å²) in [4.78, 5) is 28.6. The third-order valence-electron chi connectivity index (χ3n) is 4.42. The minimum Gasteiger partial charge on any atom is -0.375 e. The molecule has 0 unspecified atom stereocenters. The Labute approximate surface area is 141 Å². The maximum absolute atomic E-state index is 13.0. The van der Waals surface area contributed by atoms with Crippen molar-refractivity contribution in [2.75, 3.05) is 39.9 Å². The molecule has 2 aromatic carbocycles. The fourth-order valence-corrected chi connectivity index (χ4v) is 3.17. The molecule has 5 heteroatoms. The van der Waals surface area contributed by atoms with E-state index < -0.39 is 0 Å². The molecule has 0 atom stereocenters. The van der Waals surface area contributed by atoms with Crippen LogP contribution in [0.5, 0.6) is 0 Å². The normalized spacial score (nSPS) is 15.4. The summed E-state index contributed by atoms with van der Waals surface area (Å²) in [7, 11) is 1.52. The number of fused-ring (bicyclic) bond motifs is 1. The van der Waals surface area contributed by atoms with E-state index in [1.807, 2.05) is 47.4 Å². The summed E-state index contributed by atoms with van der Waals surface area (Å²) in [5.74, 6) is 0.0183. The molecular weight excluding hydrogens is 304 g/mol. The van der Waals surface area contributed by atoms with Crippen LogP contribution in [0.15, 0.2) is 42.5 Å². The molecule has 0 radical (unpaired) electrons. The van der Waals surface area contributed by atoms with E-state index in [0.717, 1.165) is 22.8 Å². The molecule has 5 nitrogen and oxygen atoms in total. The number of ether oxygens (including phenoxy) is 1. The first-order valence-corrected chi connectivity index (χ1v) is 8.24. The molecule has 1 fully saturated rings. The average Bonchev–Trinajstić information content (AvgIpc) is 2.87. The zero-order valence-electron chi connectivity index (χ0n) is 13.9. The molecular formula is C19H22N2O3. The predicted molar refractivity (Wildman–Crippen MR) is 92.9 cm³/mol. The maximum Gasteiger partial charge on any atom is 0.254 e. The van der Waals surface area contributed by atoms with Crippen LogP contribution in [0.3, 0.4) is 0 Å². The first-order chi connectivity index (χ1) is 11.7. The molecule has 126 valence electrons. The molecule has 0 saturated carbocycles. The third-order valence-corrected chi connectivity index (χ3v) is 4.42. The second-order valence-corrected chi connectivity index (χ2v) is 5.99. The number of rotatable bonds is 3. The monoisotopic (exact) mass is 326 g/mol. The van der Waals surface area contributed by atoms with Crippen molar-refractivity contribution in [2.24, 2.45) is 0 Å². The summed E-state index contributed by atoms with van der Waals surface area (Å²) in [5.41, 5.74) is 0.727. The summed E-state index contributed by atoms with van der Waals surface area (Å²) in [6.45, 7) is 2.54. The Balaban J connectivity index is 1.76. The molecule has 1 aliphatic rings. The van der Waals surface area contributed by atoms with Gasteiger partial charge >= 0.3 is 0 Å². The van der Waals surface area contributed by atoms with Gasteiger partial charge in [-0.15, -0.1) is 0 Å². The van der Waals surface area contributed by atoms with Gasteiger partial charge in [-0.05, 0) is 23.3 Å². The van der Waals surface area contributed by atoms with Crippen LogP contribution in [0.2, 0.25) is 0 Å². The van der Waals surface area contributed by atoms with E-state index in [2.05, 4.69) is 0 Å². The summed E-state index contributed by atoms with van der Waals surface area (Å²) >= 11 is 0. The van der Waals surface area contributed by atoms with Gasteiger partial charge in [-0.2, -0.15) is 0 Å². The van der Waals surface area contributed by atoms with E-state index >= 15 is 0 Å². The van der Waals surface area contributed by atoms with Gasteiger partial charge in [0.2, 0.25) is 5.91 Å². The van der Waals surface area contributed by atoms with Gasteiger partial charge in [0.25, 0.3) is 5.91 Å². The Hall–Kier alpha value is -2.40. The van der Waals surface area contributed by atoms with Crippen molar-refractivity contribution in [2.45, 2.75) is 6.42 Å². The fraction of sp³-hybridized carbons (Fsp3) is 0.368. The van der Waals surface area contributed by atoms with E-state index in [4.69, 9.17) is 4.74 Å². The van der Waals surface area contributed by atoms with E-state index in [1.54, 1.807) is 4.90 Å². The molecule has 0 bridgehead atoms. The molecule has 0 aliphatic carbocycles. The Morgan fingerprint density at radius 3 is 2.50 bits per heavy atom. The second-order valence-electron chi connectivity index (χ2n) is 5.99. The minimum absolute atomic E-state index is 0.0167. The van der Waals surface area contributed by atoms with Crippen molar-refractivity contribution >= 4 is 22.6 Å². The van der Waals surface area contributed by atoms with Crippen molar-refractivity contribution in [3.05, 3.63) is 48.0 Å². The summed E-state index contributed by atoms with van der Waals surface area (Å²) in [6, 6.07) is 13.7. The number of amides is 2. The van der Waals surface area contributed by atoms with Crippen molar-refractivity contribution < 1.29 is 14.3 Å². The van der Waals surface area contributed by atoms with Gasteiger partial charge in [0, 0.05) is 38.9 Å². The standard InChI is InChI=1S/C19H22N2O3/c1-24-14-18(22)20-10-5-11-21(13-12-20)19(23)17-9-4-7-15-6-2-3-8-16(15)17/h2-4,6-9H,5,10-14H2,1H3.